The van der Waals surface area contributed by atoms with Crippen LogP contribution in [0.4, 0.5) is 5.82 Å². The van der Waals surface area contributed by atoms with Gasteiger partial charge >= 0.3 is 5.97 Å². The number of carboxylic acid groups (broad SMARTS) is 1. The van der Waals surface area contributed by atoms with Gasteiger partial charge in [0, 0.05) is 13.1 Å². The van der Waals surface area contributed by atoms with Gasteiger partial charge in [-0.05, 0) is 43.2 Å². The van der Waals surface area contributed by atoms with Crippen LogP contribution >= 0.6 is 11.6 Å². The van der Waals surface area contributed by atoms with E-state index >= 15 is 0 Å². The highest BCUT2D eigenvalue weighted by molar-refractivity contribution is 6.29. The number of carboxylic acids is 1. The summed E-state index contributed by atoms with van der Waals surface area (Å²) in [6.07, 6.45) is 3.33. The lowest BCUT2D eigenvalue weighted by atomic mass is 9.89. The Morgan fingerprint density at radius 2 is 2.15 bits per heavy atom. The third-order valence-electron chi connectivity index (χ3n) is 4.09. The fourth-order valence-electron chi connectivity index (χ4n) is 2.83. The van der Waals surface area contributed by atoms with E-state index in [9.17, 15) is 9.90 Å². The minimum absolute atomic E-state index is 0.234. The van der Waals surface area contributed by atoms with E-state index in [0.29, 0.717) is 22.8 Å². The highest BCUT2D eigenvalue weighted by atomic mass is 35.5. The molecule has 0 aliphatic carbocycles. The maximum atomic E-state index is 11.3. The monoisotopic (exact) mass is 296 g/mol. The molecule has 1 aliphatic heterocycles. The summed E-state index contributed by atoms with van der Waals surface area (Å²) >= 11 is 5.93. The molecule has 1 aliphatic rings. The Morgan fingerprint density at radius 3 is 2.80 bits per heavy atom. The van der Waals surface area contributed by atoms with Crippen LogP contribution in [0.1, 0.15) is 43.5 Å². The second kappa shape index (κ2) is 6.44. The number of pyridine rings is 1. The summed E-state index contributed by atoms with van der Waals surface area (Å²) in [4.78, 5) is 17.6. The van der Waals surface area contributed by atoms with Crippen molar-refractivity contribution in [3.63, 3.8) is 0 Å². The van der Waals surface area contributed by atoms with Gasteiger partial charge in [-0.2, -0.15) is 0 Å². The molecule has 1 atom stereocenters. The van der Waals surface area contributed by atoms with Crippen LogP contribution in [0.15, 0.2) is 12.1 Å². The molecule has 1 aromatic heterocycles. The molecule has 2 rings (SSSR count). The lowest BCUT2D eigenvalue weighted by molar-refractivity contribution is 0.0697. The van der Waals surface area contributed by atoms with Crippen molar-refractivity contribution in [2.75, 3.05) is 18.0 Å². The normalized spacial score (nSPS) is 20.0. The molecule has 1 saturated heterocycles. The van der Waals surface area contributed by atoms with Gasteiger partial charge in [0.25, 0.3) is 0 Å². The third kappa shape index (κ3) is 3.42. The van der Waals surface area contributed by atoms with Crippen molar-refractivity contribution >= 4 is 23.4 Å². The number of hydrogen-bond donors (Lipinski definition) is 1. The quantitative estimate of drug-likeness (QED) is 0.864. The molecule has 0 bridgehead atoms. The topological polar surface area (TPSA) is 53.4 Å². The minimum atomic E-state index is -0.950. The summed E-state index contributed by atoms with van der Waals surface area (Å²) < 4.78 is 0. The molecule has 1 fully saturated rings. The molecule has 110 valence electrons. The number of aromatic nitrogens is 1. The van der Waals surface area contributed by atoms with E-state index in [4.69, 9.17) is 11.6 Å². The van der Waals surface area contributed by atoms with Crippen LogP contribution in [0.5, 0.6) is 0 Å². The number of hydrogen-bond acceptors (Lipinski definition) is 3. The largest absolute Gasteiger partial charge is 0.478 e. The van der Waals surface area contributed by atoms with Crippen LogP contribution in [0.3, 0.4) is 0 Å². The van der Waals surface area contributed by atoms with E-state index in [-0.39, 0.29) is 5.56 Å². The Balaban J connectivity index is 2.23. The first kappa shape index (κ1) is 15.1. The van der Waals surface area contributed by atoms with Crippen LogP contribution in [-0.2, 0) is 0 Å². The van der Waals surface area contributed by atoms with E-state index in [1.54, 1.807) is 0 Å². The molecule has 0 spiro atoms. The van der Waals surface area contributed by atoms with E-state index in [2.05, 4.69) is 23.7 Å². The van der Waals surface area contributed by atoms with Crippen molar-refractivity contribution in [3.8, 4) is 0 Å². The van der Waals surface area contributed by atoms with E-state index in [0.717, 1.165) is 25.9 Å². The average Bonchev–Trinajstić information content (AvgIpc) is 2.63. The van der Waals surface area contributed by atoms with Gasteiger partial charge in [-0.15, -0.1) is 0 Å². The fourth-order valence-corrected chi connectivity index (χ4v) is 2.98. The van der Waals surface area contributed by atoms with Crippen LogP contribution < -0.4 is 4.90 Å². The number of halogens is 1. The molecule has 0 saturated carbocycles. The first-order valence-corrected chi connectivity index (χ1v) is 7.51. The molecule has 5 heteroatoms. The SMILES string of the molecule is CC(C)C1CCCN(c2nc(Cl)ccc2C(=O)O)CC1. The van der Waals surface area contributed by atoms with Crippen molar-refractivity contribution in [3.05, 3.63) is 22.8 Å². The highest BCUT2D eigenvalue weighted by Crippen LogP contribution is 2.28. The van der Waals surface area contributed by atoms with Crippen molar-refractivity contribution in [2.24, 2.45) is 11.8 Å². The predicted octanol–water partition coefficient (Wildman–Crippen LogP) is 3.70. The fraction of sp³-hybridized carbons (Fsp3) is 0.600. The molecule has 4 nitrogen and oxygen atoms in total. The summed E-state index contributed by atoms with van der Waals surface area (Å²) in [5.41, 5.74) is 0.234. The molecule has 20 heavy (non-hydrogen) atoms. The first-order valence-electron chi connectivity index (χ1n) is 7.14. The standard InChI is InChI=1S/C15H21ClN2O2/c1-10(2)11-4-3-8-18(9-7-11)14-12(15(19)20)5-6-13(16)17-14/h5-6,10-11H,3-4,7-9H2,1-2H3,(H,19,20). The zero-order valence-electron chi connectivity index (χ0n) is 12.0. The van der Waals surface area contributed by atoms with Gasteiger partial charge in [-0.25, -0.2) is 9.78 Å². The summed E-state index contributed by atoms with van der Waals surface area (Å²) in [5, 5.41) is 9.63. The van der Waals surface area contributed by atoms with Crippen LogP contribution in [-0.4, -0.2) is 29.1 Å². The van der Waals surface area contributed by atoms with Crippen molar-refractivity contribution < 1.29 is 9.90 Å². The van der Waals surface area contributed by atoms with Crippen LogP contribution in [0.2, 0.25) is 5.15 Å². The summed E-state index contributed by atoms with van der Waals surface area (Å²) in [6, 6.07) is 3.07. The Hall–Kier alpha value is -1.29. The Labute approximate surface area is 124 Å². The zero-order chi connectivity index (χ0) is 14.7. The zero-order valence-corrected chi connectivity index (χ0v) is 12.7. The van der Waals surface area contributed by atoms with Gasteiger partial charge in [-0.1, -0.05) is 25.4 Å². The highest BCUT2D eigenvalue weighted by Gasteiger charge is 2.23. The van der Waals surface area contributed by atoms with Gasteiger partial charge in [0.2, 0.25) is 0 Å². The average molecular weight is 297 g/mol. The molecule has 0 aromatic carbocycles. The molecular formula is C15H21ClN2O2. The Bertz CT molecular complexity index is 491. The van der Waals surface area contributed by atoms with Gasteiger partial charge in [0.05, 0.1) is 0 Å². The first-order chi connectivity index (χ1) is 9.49. The third-order valence-corrected chi connectivity index (χ3v) is 4.30. The van der Waals surface area contributed by atoms with Gasteiger partial charge in [0.1, 0.15) is 16.5 Å². The van der Waals surface area contributed by atoms with E-state index < -0.39 is 5.97 Å². The molecular weight excluding hydrogens is 276 g/mol. The van der Waals surface area contributed by atoms with E-state index in [1.165, 1.54) is 18.6 Å². The number of carbonyl (C=O) groups is 1. The maximum absolute atomic E-state index is 11.3. The second-order valence-corrected chi connectivity index (χ2v) is 6.12. The molecule has 1 N–H and O–H groups in total. The maximum Gasteiger partial charge on any atom is 0.339 e. The lowest BCUT2D eigenvalue weighted by Crippen LogP contribution is -2.27. The van der Waals surface area contributed by atoms with Crippen molar-refractivity contribution in [2.45, 2.75) is 33.1 Å². The molecule has 1 unspecified atom stereocenters. The van der Waals surface area contributed by atoms with Gasteiger partial charge < -0.3 is 10.0 Å². The van der Waals surface area contributed by atoms with Crippen molar-refractivity contribution in [1.82, 2.24) is 4.98 Å². The Morgan fingerprint density at radius 1 is 1.40 bits per heavy atom. The second-order valence-electron chi connectivity index (χ2n) is 5.73. The van der Waals surface area contributed by atoms with Crippen molar-refractivity contribution in [1.29, 1.82) is 0 Å². The molecule has 0 radical (unpaired) electrons. The van der Waals surface area contributed by atoms with E-state index in [1.807, 2.05) is 0 Å². The number of anilines is 1. The molecule has 2 heterocycles. The molecule has 0 amide bonds. The smallest absolute Gasteiger partial charge is 0.339 e. The predicted molar refractivity (Wildman–Crippen MR) is 80.6 cm³/mol. The number of aromatic carboxylic acids is 1. The number of nitrogens with zero attached hydrogens (tertiary/aromatic N) is 2. The van der Waals surface area contributed by atoms with Gasteiger partial charge in [-0.3, -0.25) is 0 Å². The lowest BCUT2D eigenvalue weighted by Gasteiger charge is -2.24. The molecule has 1 aromatic rings. The Kier molecular flexibility index (Phi) is 4.86. The van der Waals surface area contributed by atoms with Crippen LogP contribution in [0.25, 0.3) is 0 Å². The van der Waals surface area contributed by atoms with Crippen LogP contribution in [0, 0.1) is 11.8 Å². The summed E-state index contributed by atoms with van der Waals surface area (Å²) in [5.74, 6) is 0.928. The summed E-state index contributed by atoms with van der Waals surface area (Å²) in [7, 11) is 0. The van der Waals surface area contributed by atoms with Gasteiger partial charge in [0.15, 0.2) is 0 Å². The minimum Gasteiger partial charge on any atom is -0.478 e. The summed E-state index contributed by atoms with van der Waals surface area (Å²) in [6.45, 7) is 6.19. The number of rotatable bonds is 3.